The Labute approximate surface area is 123 Å². The van der Waals surface area contributed by atoms with Crippen LogP contribution in [0.4, 0.5) is 0 Å². The summed E-state index contributed by atoms with van der Waals surface area (Å²) in [5, 5.41) is 4.90. The molecule has 0 saturated carbocycles. The largest absolute Gasteiger partial charge is 0.489 e. The number of rotatable bonds is 6. The van der Waals surface area contributed by atoms with Crippen LogP contribution in [0.1, 0.15) is 25.5 Å². The van der Waals surface area contributed by atoms with Gasteiger partial charge < -0.3 is 4.74 Å². The summed E-state index contributed by atoms with van der Waals surface area (Å²) < 4.78 is 7.73. The van der Waals surface area contributed by atoms with Crippen LogP contribution in [-0.4, -0.2) is 15.9 Å². The number of benzene rings is 1. The number of nitrogens with zero attached hydrogens (tertiary/aromatic N) is 2. The Morgan fingerprint density at radius 3 is 2.90 bits per heavy atom. The van der Waals surface area contributed by atoms with Crippen LogP contribution in [0.2, 0.25) is 5.02 Å². The number of aromatic nitrogens is 2. The maximum Gasteiger partial charge on any atom is 0.121 e. The van der Waals surface area contributed by atoms with Crippen molar-refractivity contribution in [2.45, 2.75) is 32.5 Å². The first-order valence-corrected chi connectivity index (χ1v) is 6.92. The van der Waals surface area contributed by atoms with Crippen LogP contribution in [0.15, 0.2) is 36.7 Å². The van der Waals surface area contributed by atoms with Crippen molar-refractivity contribution in [3.05, 3.63) is 47.2 Å². The fourth-order valence-electron chi connectivity index (χ4n) is 2.04. The van der Waals surface area contributed by atoms with Crippen molar-refractivity contribution in [1.82, 2.24) is 15.2 Å². The van der Waals surface area contributed by atoms with E-state index >= 15 is 0 Å². The summed E-state index contributed by atoms with van der Waals surface area (Å²) in [4.78, 5) is 0. The minimum atomic E-state index is -0.159. The summed E-state index contributed by atoms with van der Waals surface area (Å²) in [6.07, 6.45) is 3.60. The van der Waals surface area contributed by atoms with Crippen molar-refractivity contribution < 1.29 is 4.74 Å². The molecule has 0 bridgehead atoms. The van der Waals surface area contributed by atoms with Crippen LogP contribution in [-0.2, 0) is 6.54 Å². The Hall–Kier alpha value is -1.56. The monoisotopic (exact) mass is 294 g/mol. The molecule has 20 heavy (non-hydrogen) atoms. The highest BCUT2D eigenvalue weighted by molar-refractivity contribution is 6.30. The number of nitrogens with two attached hydrogens (primary N) is 1. The lowest BCUT2D eigenvalue weighted by Crippen LogP contribution is -2.37. The second-order valence-corrected chi connectivity index (χ2v) is 4.99. The van der Waals surface area contributed by atoms with Gasteiger partial charge in [0.25, 0.3) is 0 Å². The predicted octanol–water partition coefficient (Wildman–Crippen LogP) is 2.53. The summed E-state index contributed by atoms with van der Waals surface area (Å²) in [7, 11) is 0. The average molecular weight is 295 g/mol. The summed E-state index contributed by atoms with van der Waals surface area (Å²) in [6.45, 7) is 4.81. The minimum Gasteiger partial charge on any atom is -0.489 e. The van der Waals surface area contributed by atoms with Crippen molar-refractivity contribution >= 4 is 11.6 Å². The Morgan fingerprint density at radius 2 is 2.30 bits per heavy atom. The molecule has 2 aromatic rings. The number of hydrazine groups is 1. The minimum absolute atomic E-state index is 0.144. The van der Waals surface area contributed by atoms with Crippen molar-refractivity contribution in [1.29, 1.82) is 0 Å². The number of halogens is 1. The van der Waals surface area contributed by atoms with Crippen molar-refractivity contribution in [3.8, 4) is 5.75 Å². The summed E-state index contributed by atoms with van der Waals surface area (Å²) >= 11 is 5.95. The molecule has 0 aliphatic carbocycles. The van der Waals surface area contributed by atoms with Gasteiger partial charge in [0.1, 0.15) is 11.9 Å². The second kappa shape index (κ2) is 6.74. The van der Waals surface area contributed by atoms with Crippen LogP contribution < -0.4 is 16.0 Å². The van der Waals surface area contributed by atoms with Crippen LogP contribution in [0.25, 0.3) is 0 Å². The first kappa shape index (κ1) is 14.8. The number of hydrogen-bond donors (Lipinski definition) is 2. The zero-order valence-electron chi connectivity index (χ0n) is 11.6. The highest BCUT2D eigenvalue weighted by Gasteiger charge is 2.21. The maximum absolute atomic E-state index is 5.95. The zero-order valence-corrected chi connectivity index (χ0v) is 12.3. The molecule has 1 aromatic carbocycles. The molecule has 0 aliphatic rings. The molecule has 5 nitrogen and oxygen atoms in total. The van der Waals surface area contributed by atoms with Crippen LogP contribution >= 0.6 is 11.6 Å². The Balaban J connectivity index is 2.10. The maximum atomic E-state index is 5.95. The second-order valence-electron chi connectivity index (χ2n) is 4.55. The number of nitrogens with one attached hydrogen (secondary N) is 1. The van der Waals surface area contributed by atoms with Crippen molar-refractivity contribution in [3.63, 3.8) is 0 Å². The molecule has 1 heterocycles. The molecular formula is C14H19ClN4O. The molecule has 6 heteroatoms. The SMILES string of the molecule is CCn1cc(C(NN)C(C)Oc2cccc(Cl)c2)cn1. The number of aryl methyl sites for hydroxylation is 1. The van der Waals surface area contributed by atoms with E-state index in [-0.39, 0.29) is 12.1 Å². The lowest BCUT2D eigenvalue weighted by atomic mass is 10.1. The van der Waals surface area contributed by atoms with Gasteiger partial charge >= 0.3 is 0 Å². The molecule has 0 amide bonds. The van der Waals surface area contributed by atoms with Crippen molar-refractivity contribution in [2.75, 3.05) is 0 Å². The van der Waals surface area contributed by atoms with Gasteiger partial charge in [-0.15, -0.1) is 0 Å². The van der Waals surface area contributed by atoms with Crippen LogP contribution in [0.5, 0.6) is 5.75 Å². The predicted molar refractivity (Wildman–Crippen MR) is 79.5 cm³/mol. The fraction of sp³-hybridized carbons (Fsp3) is 0.357. The van der Waals surface area contributed by atoms with E-state index < -0.39 is 0 Å². The lowest BCUT2D eigenvalue weighted by Gasteiger charge is -2.23. The van der Waals surface area contributed by atoms with Gasteiger partial charge in [-0.05, 0) is 32.0 Å². The van der Waals surface area contributed by atoms with E-state index in [0.717, 1.165) is 12.1 Å². The van der Waals surface area contributed by atoms with Gasteiger partial charge in [0.05, 0.1) is 12.2 Å². The molecule has 2 rings (SSSR count). The Bertz CT molecular complexity index is 558. The molecule has 0 spiro atoms. The van der Waals surface area contributed by atoms with Gasteiger partial charge in [0.2, 0.25) is 0 Å². The van der Waals surface area contributed by atoms with E-state index in [1.165, 1.54) is 0 Å². The number of hydrogen-bond acceptors (Lipinski definition) is 4. The third-order valence-corrected chi connectivity index (χ3v) is 3.34. The molecule has 1 aromatic heterocycles. The molecule has 2 atom stereocenters. The Morgan fingerprint density at radius 1 is 1.50 bits per heavy atom. The zero-order chi connectivity index (χ0) is 14.5. The third kappa shape index (κ3) is 3.50. The van der Waals surface area contributed by atoms with E-state index in [4.69, 9.17) is 22.2 Å². The third-order valence-electron chi connectivity index (χ3n) is 3.10. The molecular weight excluding hydrogens is 276 g/mol. The van der Waals surface area contributed by atoms with Gasteiger partial charge in [0.15, 0.2) is 0 Å². The molecule has 3 N–H and O–H groups in total. The molecule has 0 aliphatic heterocycles. The van der Waals surface area contributed by atoms with Crippen molar-refractivity contribution in [2.24, 2.45) is 5.84 Å². The van der Waals surface area contributed by atoms with E-state index in [0.29, 0.717) is 10.8 Å². The van der Waals surface area contributed by atoms with E-state index in [1.54, 1.807) is 12.3 Å². The van der Waals surface area contributed by atoms with Gasteiger partial charge in [-0.3, -0.25) is 10.5 Å². The summed E-state index contributed by atoms with van der Waals surface area (Å²) in [5.41, 5.74) is 3.77. The highest BCUT2D eigenvalue weighted by Crippen LogP contribution is 2.23. The lowest BCUT2D eigenvalue weighted by molar-refractivity contribution is 0.171. The highest BCUT2D eigenvalue weighted by atomic mass is 35.5. The molecule has 108 valence electrons. The molecule has 2 unspecified atom stereocenters. The summed E-state index contributed by atoms with van der Waals surface area (Å²) in [5.74, 6) is 6.36. The molecule has 0 fully saturated rings. The smallest absolute Gasteiger partial charge is 0.121 e. The van der Waals surface area contributed by atoms with E-state index in [2.05, 4.69) is 10.5 Å². The average Bonchev–Trinajstić information content (AvgIpc) is 2.88. The summed E-state index contributed by atoms with van der Waals surface area (Å²) in [6, 6.07) is 7.16. The van der Waals surface area contributed by atoms with Crippen LogP contribution in [0, 0.1) is 0 Å². The fourth-order valence-corrected chi connectivity index (χ4v) is 2.22. The molecule has 0 radical (unpaired) electrons. The quantitative estimate of drug-likeness (QED) is 0.635. The first-order chi connectivity index (χ1) is 9.63. The van der Waals surface area contributed by atoms with Gasteiger partial charge in [-0.25, -0.2) is 5.43 Å². The standard InChI is InChI=1S/C14H19ClN4O/c1-3-19-9-11(8-17-19)14(18-16)10(2)20-13-6-4-5-12(15)7-13/h4-10,14,18H,3,16H2,1-2H3. The van der Waals surface area contributed by atoms with E-state index in [1.807, 2.05) is 42.9 Å². The molecule has 0 saturated heterocycles. The Kier molecular flexibility index (Phi) is 5.00. The first-order valence-electron chi connectivity index (χ1n) is 6.54. The normalized spacial score (nSPS) is 14.0. The van der Waals surface area contributed by atoms with E-state index in [9.17, 15) is 0 Å². The topological polar surface area (TPSA) is 65.1 Å². The van der Waals surface area contributed by atoms with Gasteiger partial charge in [-0.2, -0.15) is 5.10 Å². The van der Waals surface area contributed by atoms with Crippen LogP contribution in [0.3, 0.4) is 0 Å². The number of ether oxygens (including phenoxy) is 1. The van der Waals surface area contributed by atoms with Gasteiger partial charge in [0, 0.05) is 23.3 Å². The van der Waals surface area contributed by atoms with Gasteiger partial charge in [-0.1, -0.05) is 17.7 Å².